The lowest BCUT2D eigenvalue weighted by atomic mass is 9.73. The van der Waals surface area contributed by atoms with E-state index in [0.717, 1.165) is 45.3 Å². The van der Waals surface area contributed by atoms with Crippen LogP contribution in [0.15, 0.2) is 202 Å². The third-order valence-corrected chi connectivity index (χ3v) is 9.01. The quantitative estimate of drug-likeness (QED) is 0.150. The van der Waals surface area contributed by atoms with Crippen LogP contribution in [-0.4, -0.2) is 0 Å². The van der Waals surface area contributed by atoms with Crippen molar-refractivity contribution in [2.45, 2.75) is 11.8 Å². The predicted molar refractivity (Wildman–Crippen MR) is 197 cm³/mol. The summed E-state index contributed by atoms with van der Waals surface area (Å²) in [7, 11) is 0. The number of rotatable bonds is 9. The molecule has 8 rings (SSSR count). The molecule has 48 heavy (non-hydrogen) atoms. The number of allylic oxidation sites excluding steroid dienone is 8. The summed E-state index contributed by atoms with van der Waals surface area (Å²) in [6, 6.07) is 50.5. The topological polar surface area (TPSA) is 22.6 Å². The first kappa shape index (κ1) is 29.5. The molecule has 0 bridgehead atoms. The SMILES string of the molecule is [CH]1C=CC(C(c2cc(-c3ccccc3)[o+]c(-c3ccccc3)c2)C(C2=C[CH]C=C2)c2cc(-c3ccccc3)[o+]c(-c3ccccc3)c2)=C1. The van der Waals surface area contributed by atoms with E-state index in [1.54, 1.807) is 0 Å². The molecule has 2 radical (unpaired) electrons. The second-order valence-corrected chi connectivity index (χ2v) is 12.1. The van der Waals surface area contributed by atoms with Gasteiger partial charge in [0.15, 0.2) is 0 Å². The van der Waals surface area contributed by atoms with E-state index in [1.165, 1.54) is 22.3 Å². The lowest BCUT2D eigenvalue weighted by Gasteiger charge is -2.29. The van der Waals surface area contributed by atoms with Crippen molar-refractivity contribution in [3.8, 4) is 45.3 Å². The minimum absolute atomic E-state index is 0.0293. The molecule has 2 heteroatoms. The lowest BCUT2D eigenvalue weighted by Crippen LogP contribution is -2.15. The van der Waals surface area contributed by atoms with Crippen LogP contribution in [0.4, 0.5) is 0 Å². The molecule has 4 aromatic carbocycles. The Morgan fingerprint density at radius 2 is 0.646 bits per heavy atom. The predicted octanol–water partition coefficient (Wildman–Crippen LogP) is 12.4. The third-order valence-electron chi connectivity index (χ3n) is 9.01. The highest BCUT2D eigenvalue weighted by Gasteiger charge is 2.36. The Balaban J connectivity index is 1.38. The molecule has 2 aromatic heterocycles. The van der Waals surface area contributed by atoms with Gasteiger partial charge in [-0.1, -0.05) is 109 Å². The van der Waals surface area contributed by atoms with E-state index in [4.69, 9.17) is 8.83 Å². The van der Waals surface area contributed by atoms with E-state index in [0.29, 0.717) is 0 Å². The highest BCUT2D eigenvalue weighted by Crippen LogP contribution is 2.49. The Labute approximate surface area is 282 Å². The molecule has 228 valence electrons. The van der Waals surface area contributed by atoms with Gasteiger partial charge in [0.25, 0.3) is 0 Å². The van der Waals surface area contributed by atoms with Gasteiger partial charge in [-0.25, -0.2) is 8.83 Å². The Bertz CT molecular complexity index is 1880. The molecule has 2 nitrogen and oxygen atoms in total. The van der Waals surface area contributed by atoms with Crippen LogP contribution in [0.1, 0.15) is 23.0 Å². The van der Waals surface area contributed by atoms with E-state index in [2.05, 4.69) is 171 Å². The van der Waals surface area contributed by atoms with Crippen molar-refractivity contribution >= 4 is 0 Å². The summed E-state index contributed by atoms with van der Waals surface area (Å²) in [5.74, 6) is 3.29. The Kier molecular flexibility index (Phi) is 8.29. The number of hydrogen-bond acceptors (Lipinski definition) is 0. The molecule has 0 saturated carbocycles. The Hall–Kier alpha value is -5.86. The minimum atomic E-state index is -0.0293. The second kappa shape index (κ2) is 13.5. The van der Waals surface area contributed by atoms with Gasteiger partial charge in [0.2, 0.25) is 0 Å². The molecule has 2 atom stereocenters. The monoisotopic (exact) mass is 618 g/mol. The number of benzene rings is 4. The average Bonchev–Trinajstić information content (AvgIpc) is 3.91. The van der Waals surface area contributed by atoms with E-state index in [1.807, 2.05) is 24.3 Å². The van der Waals surface area contributed by atoms with Crippen LogP contribution in [0, 0.1) is 12.8 Å². The van der Waals surface area contributed by atoms with Crippen molar-refractivity contribution in [2.75, 3.05) is 0 Å². The first-order valence-corrected chi connectivity index (χ1v) is 16.4. The van der Waals surface area contributed by atoms with E-state index in [9.17, 15) is 0 Å². The molecule has 0 N–H and O–H groups in total. The van der Waals surface area contributed by atoms with Crippen molar-refractivity contribution in [2.24, 2.45) is 0 Å². The summed E-state index contributed by atoms with van der Waals surface area (Å²) < 4.78 is 13.3. The van der Waals surface area contributed by atoms with E-state index in [-0.39, 0.29) is 11.8 Å². The largest absolute Gasteiger partial charge is 0.361 e. The van der Waals surface area contributed by atoms with Gasteiger partial charge in [-0.05, 0) is 70.8 Å². The molecule has 6 aromatic rings. The van der Waals surface area contributed by atoms with Crippen molar-refractivity contribution < 1.29 is 8.83 Å². The van der Waals surface area contributed by atoms with Crippen LogP contribution in [-0.2, 0) is 0 Å². The zero-order valence-electron chi connectivity index (χ0n) is 26.4. The Morgan fingerprint density at radius 1 is 0.354 bits per heavy atom. The molecule has 0 amide bonds. The molecule has 2 aliphatic carbocycles. The second-order valence-electron chi connectivity index (χ2n) is 12.1. The summed E-state index contributed by atoms with van der Waals surface area (Å²) in [6.45, 7) is 0. The highest BCUT2D eigenvalue weighted by molar-refractivity contribution is 5.69. The molecule has 0 saturated heterocycles. The summed E-state index contributed by atoms with van der Waals surface area (Å²) in [4.78, 5) is 0. The summed E-state index contributed by atoms with van der Waals surface area (Å²) in [5, 5.41) is 0. The summed E-state index contributed by atoms with van der Waals surface area (Å²) >= 11 is 0. The van der Waals surface area contributed by atoms with Crippen LogP contribution in [0.5, 0.6) is 0 Å². The van der Waals surface area contributed by atoms with Gasteiger partial charge in [-0.3, -0.25) is 0 Å². The van der Waals surface area contributed by atoms with Crippen molar-refractivity contribution in [3.63, 3.8) is 0 Å². The molecule has 2 aliphatic rings. The maximum Gasteiger partial charge on any atom is 0.361 e. The van der Waals surface area contributed by atoms with Crippen LogP contribution in [0.2, 0.25) is 0 Å². The highest BCUT2D eigenvalue weighted by atomic mass is 16.3. The first-order chi connectivity index (χ1) is 23.8. The maximum atomic E-state index is 6.67. The maximum absolute atomic E-state index is 6.67. The van der Waals surface area contributed by atoms with Gasteiger partial charge in [0.05, 0.1) is 22.3 Å². The third kappa shape index (κ3) is 6.13. The molecule has 0 fully saturated rings. The molecular formula is C46H34O2+2. The zero-order chi connectivity index (χ0) is 32.1. The molecule has 2 unspecified atom stereocenters. The Morgan fingerprint density at radius 3 is 0.896 bits per heavy atom. The molecular weight excluding hydrogens is 585 g/mol. The van der Waals surface area contributed by atoms with E-state index < -0.39 is 0 Å². The standard InChI is InChI=1S/C46H34O2/c1-5-17-33(18-6-1)41-29-39(30-42(47-41)34-19-7-2-8-20-34)45(37-25-13-14-26-37)46(38-27-15-16-28-38)40-31-43(35-21-9-3-10-22-35)48-44(32-40)36-23-11-4-12-24-36/h1-32,45-46H/q+2. The minimum Gasteiger partial charge on any atom is -0.207 e. The first-order valence-electron chi connectivity index (χ1n) is 16.4. The summed E-state index contributed by atoms with van der Waals surface area (Å²) in [5.41, 5.74) is 9.01. The van der Waals surface area contributed by atoms with Gasteiger partial charge in [0, 0.05) is 48.9 Å². The van der Waals surface area contributed by atoms with Crippen molar-refractivity contribution in [1.29, 1.82) is 0 Å². The van der Waals surface area contributed by atoms with Crippen LogP contribution in [0.25, 0.3) is 45.3 Å². The fourth-order valence-corrected chi connectivity index (χ4v) is 6.73. The van der Waals surface area contributed by atoms with Gasteiger partial charge < -0.3 is 0 Å². The van der Waals surface area contributed by atoms with Crippen molar-refractivity contribution in [3.05, 3.63) is 217 Å². The molecule has 2 heterocycles. The normalized spacial score (nSPS) is 14.8. The van der Waals surface area contributed by atoms with Crippen molar-refractivity contribution in [1.82, 2.24) is 0 Å². The van der Waals surface area contributed by atoms with E-state index >= 15 is 0 Å². The van der Waals surface area contributed by atoms with Crippen LogP contribution < -0.4 is 0 Å². The zero-order valence-corrected chi connectivity index (χ0v) is 26.4. The fourth-order valence-electron chi connectivity index (χ4n) is 6.73. The summed E-state index contributed by atoms with van der Waals surface area (Å²) in [6.07, 6.45) is 17.5. The fraction of sp³-hybridized carbons (Fsp3) is 0.0435. The number of hydrogen-bond donors (Lipinski definition) is 0. The smallest absolute Gasteiger partial charge is 0.207 e. The van der Waals surface area contributed by atoms with Crippen LogP contribution in [0.3, 0.4) is 0 Å². The molecule has 0 aliphatic heterocycles. The van der Waals surface area contributed by atoms with Crippen LogP contribution >= 0.6 is 0 Å². The average molecular weight is 619 g/mol. The van der Waals surface area contributed by atoms with Gasteiger partial charge in [-0.2, -0.15) is 0 Å². The lowest BCUT2D eigenvalue weighted by molar-refractivity contribution is 0.567. The van der Waals surface area contributed by atoms with Gasteiger partial charge >= 0.3 is 23.0 Å². The molecule has 0 spiro atoms. The van der Waals surface area contributed by atoms with Gasteiger partial charge in [-0.15, -0.1) is 0 Å². The van der Waals surface area contributed by atoms with Gasteiger partial charge in [0.1, 0.15) is 0 Å².